The van der Waals surface area contributed by atoms with Gasteiger partial charge in [0.15, 0.2) is 0 Å². The fourth-order valence-corrected chi connectivity index (χ4v) is 3.83. The van der Waals surface area contributed by atoms with Gasteiger partial charge in [0.05, 0.1) is 0 Å². The van der Waals surface area contributed by atoms with Crippen LogP contribution < -0.4 is 3.58 Å². The summed E-state index contributed by atoms with van der Waals surface area (Å²) in [5.74, 6) is 0. The maximum absolute atomic E-state index is 4.10. The molecule has 1 nitrogen and oxygen atoms in total. The van der Waals surface area contributed by atoms with Crippen molar-refractivity contribution in [3.05, 3.63) is 24.5 Å². The Hall–Kier alpha value is 0.679. The molecule has 12 heavy (non-hydrogen) atoms. The molecule has 1 heterocycles. The van der Waals surface area contributed by atoms with Crippen molar-refractivity contribution in [2.45, 2.75) is 14.8 Å². The summed E-state index contributed by atoms with van der Waals surface area (Å²) in [6.07, 6.45) is 3.84. The molecule has 0 atom stereocenters. The molecule has 1 aromatic heterocycles. The molecular formula is C9H16INSn. The molecule has 0 fully saturated rings. The van der Waals surface area contributed by atoms with E-state index in [4.69, 9.17) is 0 Å². The van der Waals surface area contributed by atoms with Crippen LogP contribution in [0.25, 0.3) is 0 Å². The van der Waals surface area contributed by atoms with Gasteiger partial charge in [-0.25, -0.2) is 0 Å². The molecule has 0 aromatic carbocycles. The van der Waals surface area contributed by atoms with Crippen molar-refractivity contribution < 1.29 is 0 Å². The van der Waals surface area contributed by atoms with E-state index in [1.165, 1.54) is 3.58 Å². The number of nitrogens with zero attached hydrogens (tertiary/aromatic N) is 1. The van der Waals surface area contributed by atoms with Gasteiger partial charge < -0.3 is 0 Å². The minimum absolute atomic E-state index is 1.50. The molecule has 68 valence electrons. The SMILES string of the molecule is CI.[CH3][Sn]([CH3])([CH3])[c]1cccnc1. The molecule has 0 spiro atoms. The van der Waals surface area contributed by atoms with Crippen molar-refractivity contribution in [2.75, 3.05) is 4.93 Å². The van der Waals surface area contributed by atoms with E-state index in [9.17, 15) is 0 Å². The maximum atomic E-state index is 4.10. The number of hydrogen-bond acceptors (Lipinski definition) is 1. The zero-order chi connectivity index (χ0) is 9.61. The van der Waals surface area contributed by atoms with Gasteiger partial charge in [0, 0.05) is 0 Å². The van der Waals surface area contributed by atoms with Gasteiger partial charge in [0.2, 0.25) is 0 Å². The predicted octanol–water partition coefficient (Wildman–Crippen LogP) is 2.68. The van der Waals surface area contributed by atoms with Gasteiger partial charge in [0.25, 0.3) is 0 Å². The number of alkyl halides is 1. The summed E-state index contributed by atoms with van der Waals surface area (Å²) in [6, 6.07) is 4.22. The van der Waals surface area contributed by atoms with E-state index in [2.05, 4.69) is 48.5 Å². The Morgan fingerprint density at radius 3 is 2.08 bits per heavy atom. The van der Waals surface area contributed by atoms with Crippen LogP contribution in [0, 0.1) is 0 Å². The number of halogens is 1. The zero-order valence-corrected chi connectivity index (χ0v) is 13.1. The zero-order valence-electron chi connectivity index (χ0n) is 8.13. The van der Waals surface area contributed by atoms with E-state index in [-0.39, 0.29) is 0 Å². The van der Waals surface area contributed by atoms with Crippen molar-refractivity contribution in [3.8, 4) is 0 Å². The van der Waals surface area contributed by atoms with E-state index in [0.717, 1.165) is 0 Å². The first kappa shape index (κ1) is 12.7. The molecule has 0 aliphatic rings. The molecule has 3 heteroatoms. The summed E-state index contributed by atoms with van der Waals surface area (Å²) >= 11 is 0.375. The van der Waals surface area contributed by atoms with Crippen LogP contribution in [0.2, 0.25) is 14.8 Å². The van der Waals surface area contributed by atoms with Crippen LogP contribution in [0.1, 0.15) is 0 Å². The van der Waals surface area contributed by atoms with Crippen LogP contribution >= 0.6 is 22.6 Å². The summed E-state index contributed by atoms with van der Waals surface area (Å²) in [5, 5.41) is 0. The minimum atomic E-state index is -1.77. The first-order valence-corrected chi connectivity index (χ1v) is 16.0. The van der Waals surface area contributed by atoms with Crippen molar-refractivity contribution in [1.82, 2.24) is 4.98 Å². The van der Waals surface area contributed by atoms with Gasteiger partial charge >= 0.3 is 66.3 Å². The first-order valence-electron chi connectivity index (χ1n) is 3.89. The van der Waals surface area contributed by atoms with E-state index in [1.54, 1.807) is 0 Å². The summed E-state index contributed by atoms with van der Waals surface area (Å²) in [5.41, 5.74) is 0. The molecule has 1 rings (SSSR count). The quantitative estimate of drug-likeness (QED) is 0.413. The van der Waals surface area contributed by atoms with Crippen LogP contribution in [-0.2, 0) is 0 Å². The summed E-state index contributed by atoms with van der Waals surface area (Å²) in [4.78, 5) is 13.3. The Labute approximate surface area is 93.0 Å². The molecule has 0 radical (unpaired) electrons. The van der Waals surface area contributed by atoms with Gasteiger partial charge in [-0.3, -0.25) is 0 Å². The second-order valence-corrected chi connectivity index (χ2v) is 18.0. The number of aromatic nitrogens is 1. The molecule has 0 aliphatic heterocycles. The Kier molecular flexibility index (Phi) is 6.53. The second kappa shape index (κ2) is 6.18. The molecule has 0 aliphatic carbocycles. The first-order chi connectivity index (χ1) is 5.61. The number of rotatable bonds is 1. The molecule has 0 saturated heterocycles. The second-order valence-electron chi connectivity index (χ2n) is 3.49. The molecule has 0 bridgehead atoms. The average Bonchev–Trinajstić information content (AvgIpc) is 2.08. The number of hydrogen-bond donors (Lipinski definition) is 0. The third kappa shape index (κ3) is 4.64. The van der Waals surface area contributed by atoms with E-state index in [1.807, 2.05) is 23.4 Å². The van der Waals surface area contributed by atoms with Gasteiger partial charge in [0.1, 0.15) is 0 Å². The molecule has 1 aromatic rings. The van der Waals surface area contributed by atoms with Crippen LogP contribution in [0.15, 0.2) is 24.5 Å². The molecule has 0 saturated carbocycles. The molecule has 0 amide bonds. The van der Waals surface area contributed by atoms with Crippen LogP contribution in [0.5, 0.6) is 0 Å². The van der Waals surface area contributed by atoms with Crippen LogP contribution in [0.3, 0.4) is 0 Å². The molecular weight excluding hydrogens is 368 g/mol. The van der Waals surface area contributed by atoms with E-state index < -0.39 is 18.4 Å². The van der Waals surface area contributed by atoms with Crippen molar-refractivity contribution >= 4 is 44.5 Å². The summed E-state index contributed by atoms with van der Waals surface area (Å²) in [7, 11) is 0. The molecule has 0 N–H and O–H groups in total. The van der Waals surface area contributed by atoms with Crippen molar-refractivity contribution in [2.24, 2.45) is 0 Å². The Balaban J connectivity index is 0.000000561. The summed E-state index contributed by atoms with van der Waals surface area (Å²) < 4.78 is 1.50. The van der Waals surface area contributed by atoms with Gasteiger partial charge in [-0.2, -0.15) is 0 Å². The van der Waals surface area contributed by atoms with Crippen LogP contribution in [-0.4, -0.2) is 28.3 Å². The Morgan fingerprint density at radius 1 is 1.25 bits per heavy atom. The monoisotopic (exact) mass is 385 g/mol. The fraction of sp³-hybridized carbons (Fsp3) is 0.444. The van der Waals surface area contributed by atoms with E-state index >= 15 is 0 Å². The van der Waals surface area contributed by atoms with E-state index in [0.29, 0.717) is 0 Å². The topological polar surface area (TPSA) is 12.9 Å². The summed E-state index contributed by atoms with van der Waals surface area (Å²) in [6.45, 7) is 0. The third-order valence-corrected chi connectivity index (χ3v) is 7.32. The average molecular weight is 384 g/mol. The Morgan fingerprint density at radius 2 is 1.83 bits per heavy atom. The normalized spacial score (nSPS) is 10.1. The fourth-order valence-electron chi connectivity index (χ4n) is 0.806. The van der Waals surface area contributed by atoms with Gasteiger partial charge in [-0.1, -0.05) is 22.6 Å². The Bertz CT molecular complexity index is 206. The molecule has 0 unspecified atom stereocenters. The van der Waals surface area contributed by atoms with Crippen molar-refractivity contribution in [3.63, 3.8) is 0 Å². The number of pyridine rings is 1. The van der Waals surface area contributed by atoms with Crippen molar-refractivity contribution in [1.29, 1.82) is 0 Å². The predicted molar refractivity (Wildman–Crippen MR) is 67.2 cm³/mol. The standard InChI is InChI=1S/C5H4N.CH3I.3CH3.Sn/c1-2-4-6-5-3-1;1-2;;;;/h1-2,4-5H;1H3;3*1H3;. The van der Waals surface area contributed by atoms with Gasteiger partial charge in [-0.05, 0) is 4.93 Å². The van der Waals surface area contributed by atoms with Crippen LogP contribution in [0.4, 0.5) is 0 Å². The van der Waals surface area contributed by atoms with Gasteiger partial charge in [-0.15, -0.1) is 0 Å². The third-order valence-electron chi connectivity index (χ3n) is 1.53.